The molecule has 1 rings (SSSR count). The number of hydrogen-bond donors (Lipinski definition) is 2. The van der Waals surface area contributed by atoms with Gasteiger partial charge < -0.3 is 10.6 Å². The first-order valence-corrected chi connectivity index (χ1v) is 5.83. The maximum Gasteiger partial charge on any atom is 0.221 e. The molecule has 1 atom stereocenters. The molecule has 0 aliphatic carbocycles. The lowest BCUT2D eigenvalue weighted by atomic mass is 10.1. The molecule has 1 aliphatic rings. The summed E-state index contributed by atoms with van der Waals surface area (Å²) >= 11 is 0. The van der Waals surface area contributed by atoms with E-state index >= 15 is 0 Å². The fourth-order valence-corrected chi connectivity index (χ4v) is 1.90. The molecule has 1 saturated heterocycles. The lowest BCUT2D eigenvalue weighted by Gasteiger charge is -2.32. The van der Waals surface area contributed by atoms with E-state index in [0.717, 1.165) is 26.2 Å². The van der Waals surface area contributed by atoms with Gasteiger partial charge in [0.2, 0.25) is 5.91 Å². The van der Waals surface area contributed by atoms with Gasteiger partial charge in [0.1, 0.15) is 0 Å². The summed E-state index contributed by atoms with van der Waals surface area (Å²) in [5.41, 5.74) is 0. The van der Waals surface area contributed by atoms with Gasteiger partial charge in [-0.3, -0.25) is 9.69 Å². The number of nitrogens with one attached hydrogen (secondary N) is 2. The first-order valence-electron chi connectivity index (χ1n) is 5.83. The molecule has 0 aromatic rings. The molecule has 1 heterocycles. The average molecular weight is 213 g/mol. The predicted molar refractivity (Wildman–Crippen MR) is 61.8 cm³/mol. The lowest BCUT2D eigenvalue weighted by Crippen LogP contribution is -2.49. The van der Waals surface area contributed by atoms with E-state index in [1.165, 1.54) is 0 Å². The Balaban J connectivity index is 2.27. The Kier molecular flexibility index (Phi) is 5.05. The van der Waals surface area contributed by atoms with E-state index in [2.05, 4.69) is 22.5 Å². The van der Waals surface area contributed by atoms with Crippen molar-refractivity contribution in [3.05, 3.63) is 0 Å². The minimum atomic E-state index is 0.163. The highest BCUT2D eigenvalue weighted by Crippen LogP contribution is 2.05. The first-order chi connectivity index (χ1) is 7.09. The Morgan fingerprint density at radius 3 is 2.47 bits per heavy atom. The van der Waals surface area contributed by atoms with E-state index in [4.69, 9.17) is 0 Å². The molecule has 15 heavy (non-hydrogen) atoms. The van der Waals surface area contributed by atoms with Gasteiger partial charge >= 0.3 is 0 Å². The van der Waals surface area contributed by atoms with Crippen molar-refractivity contribution in [1.29, 1.82) is 0 Å². The third-order valence-electron chi connectivity index (χ3n) is 2.71. The first kappa shape index (κ1) is 12.5. The van der Waals surface area contributed by atoms with Crippen molar-refractivity contribution in [3.8, 4) is 0 Å². The highest BCUT2D eigenvalue weighted by Gasteiger charge is 2.18. The number of carbonyl (C=O) groups excluding carboxylic acids is 1. The molecule has 0 aromatic heterocycles. The lowest BCUT2D eigenvalue weighted by molar-refractivity contribution is -0.122. The molecule has 4 heteroatoms. The molecular formula is C11H23N3O. The van der Waals surface area contributed by atoms with Crippen LogP contribution in [-0.4, -0.2) is 49.1 Å². The van der Waals surface area contributed by atoms with Crippen LogP contribution >= 0.6 is 0 Å². The van der Waals surface area contributed by atoms with Gasteiger partial charge in [0.05, 0.1) is 0 Å². The number of nitrogens with zero attached hydrogens (tertiary/aromatic N) is 1. The number of piperazine rings is 1. The standard InChI is InChI=1S/C11H23N3O/c1-9(2)13-11(15)8-10(3)14-6-4-12-5-7-14/h9-10,12H,4-8H2,1-3H3,(H,13,15). The van der Waals surface area contributed by atoms with Gasteiger partial charge in [0.25, 0.3) is 0 Å². The van der Waals surface area contributed by atoms with E-state index in [9.17, 15) is 4.79 Å². The van der Waals surface area contributed by atoms with Crippen molar-refractivity contribution in [1.82, 2.24) is 15.5 Å². The van der Waals surface area contributed by atoms with Crippen molar-refractivity contribution in [2.75, 3.05) is 26.2 Å². The summed E-state index contributed by atoms with van der Waals surface area (Å²) in [5, 5.41) is 6.24. The van der Waals surface area contributed by atoms with E-state index in [-0.39, 0.29) is 11.9 Å². The molecule has 4 nitrogen and oxygen atoms in total. The highest BCUT2D eigenvalue weighted by atomic mass is 16.1. The van der Waals surface area contributed by atoms with E-state index in [0.29, 0.717) is 12.5 Å². The van der Waals surface area contributed by atoms with Crippen molar-refractivity contribution < 1.29 is 4.79 Å². The number of hydrogen-bond acceptors (Lipinski definition) is 3. The van der Waals surface area contributed by atoms with Crippen LogP contribution in [0.1, 0.15) is 27.2 Å². The van der Waals surface area contributed by atoms with Crippen LogP contribution in [-0.2, 0) is 4.79 Å². The van der Waals surface area contributed by atoms with Crippen LogP contribution in [0.4, 0.5) is 0 Å². The molecule has 0 aromatic carbocycles. The van der Waals surface area contributed by atoms with E-state index < -0.39 is 0 Å². The average Bonchev–Trinajstić information content (AvgIpc) is 2.17. The molecule has 1 aliphatic heterocycles. The van der Waals surface area contributed by atoms with Gasteiger partial charge in [0, 0.05) is 44.7 Å². The fraction of sp³-hybridized carbons (Fsp3) is 0.909. The Hall–Kier alpha value is -0.610. The minimum absolute atomic E-state index is 0.163. The molecule has 0 saturated carbocycles. The zero-order chi connectivity index (χ0) is 11.3. The minimum Gasteiger partial charge on any atom is -0.354 e. The van der Waals surface area contributed by atoms with Gasteiger partial charge in [-0.15, -0.1) is 0 Å². The maximum atomic E-state index is 11.6. The Morgan fingerprint density at radius 1 is 1.33 bits per heavy atom. The van der Waals surface area contributed by atoms with Crippen LogP contribution in [0, 0.1) is 0 Å². The van der Waals surface area contributed by atoms with Gasteiger partial charge in [-0.05, 0) is 20.8 Å². The molecule has 88 valence electrons. The SMILES string of the molecule is CC(C)NC(=O)CC(C)N1CCNCC1. The molecular weight excluding hydrogens is 190 g/mol. The summed E-state index contributed by atoms with van der Waals surface area (Å²) in [4.78, 5) is 13.9. The molecule has 1 amide bonds. The highest BCUT2D eigenvalue weighted by molar-refractivity contribution is 5.76. The van der Waals surface area contributed by atoms with Crippen molar-refractivity contribution in [3.63, 3.8) is 0 Å². The largest absolute Gasteiger partial charge is 0.354 e. The Labute approximate surface area is 92.4 Å². The molecule has 2 N–H and O–H groups in total. The van der Waals surface area contributed by atoms with Crippen LogP contribution in [0.5, 0.6) is 0 Å². The van der Waals surface area contributed by atoms with Gasteiger partial charge in [-0.25, -0.2) is 0 Å². The molecule has 0 bridgehead atoms. The number of amides is 1. The third-order valence-corrected chi connectivity index (χ3v) is 2.71. The van der Waals surface area contributed by atoms with Gasteiger partial charge in [-0.1, -0.05) is 0 Å². The fourth-order valence-electron chi connectivity index (χ4n) is 1.90. The molecule has 0 spiro atoms. The Bertz CT molecular complexity index is 200. The van der Waals surface area contributed by atoms with Crippen LogP contribution in [0.3, 0.4) is 0 Å². The van der Waals surface area contributed by atoms with Crippen LogP contribution < -0.4 is 10.6 Å². The van der Waals surface area contributed by atoms with Gasteiger partial charge in [-0.2, -0.15) is 0 Å². The van der Waals surface area contributed by atoms with Crippen molar-refractivity contribution in [2.24, 2.45) is 0 Å². The second-order valence-corrected chi connectivity index (χ2v) is 4.56. The van der Waals surface area contributed by atoms with Crippen LogP contribution in [0.15, 0.2) is 0 Å². The number of carbonyl (C=O) groups is 1. The summed E-state index contributed by atoms with van der Waals surface area (Å²) in [6.45, 7) is 10.3. The van der Waals surface area contributed by atoms with Crippen molar-refractivity contribution in [2.45, 2.75) is 39.3 Å². The smallest absolute Gasteiger partial charge is 0.221 e. The van der Waals surface area contributed by atoms with E-state index in [1.807, 2.05) is 13.8 Å². The van der Waals surface area contributed by atoms with Gasteiger partial charge in [0.15, 0.2) is 0 Å². The molecule has 1 unspecified atom stereocenters. The van der Waals surface area contributed by atoms with Crippen LogP contribution in [0.25, 0.3) is 0 Å². The third kappa shape index (κ3) is 4.62. The maximum absolute atomic E-state index is 11.6. The summed E-state index contributed by atoms with van der Waals surface area (Å²) in [6.07, 6.45) is 0.609. The summed E-state index contributed by atoms with van der Waals surface area (Å²) in [6, 6.07) is 0.596. The quantitative estimate of drug-likeness (QED) is 0.701. The summed E-state index contributed by atoms with van der Waals surface area (Å²) < 4.78 is 0. The summed E-state index contributed by atoms with van der Waals surface area (Å²) in [5.74, 6) is 0.163. The summed E-state index contributed by atoms with van der Waals surface area (Å²) in [7, 11) is 0. The normalized spacial score (nSPS) is 20.3. The zero-order valence-corrected chi connectivity index (χ0v) is 10.0. The topological polar surface area (TPSA) is 44.4 Å². The van der Waals surface area contributed by atoms with Crippen molar-refractivity contribution >= 4 is 5.91 Å². The van der Waals surface area contributed by atoms with Crippen LogP contribution in [0.2, 0.25) is 0 Å². The number of rotatable bonds is 4. The monoisotopic (exact) mass is 213 g/mol. The predicted octanol–water partition coefficient (Wildman–Crippen LogP) is 0.195. The second kappa shape index (κ2) is 6.08. The van der Waals surface area contributed by atoms with E-state index in [1.54, 1.807) is 0 Å². The molecule has 1 fully saturated rings. The zero-order valence-electron chi connectivity index (χ0n) is 10.0. The second-order valence-electron chi connectivity index (χ2n) is 4.56. The molecule has 0 radical (unpaired) electrons. The Morgan fingerprint density at radius 2 is 1.93 bits per heavy atom.